The smallest absolute Gasteiger partial charge is 0.379 e. The molecule has 0 spiro atoms. The van der Waals surface area contributed by atoms with Gasteiger partial charge in [0.25, 0.3) is 0 Å². The lowest BCUT2D eigenvalue weighted by Crippen LogP contribution is -2.46. The van der Waals surface area contributed by atoms with E-state index in [1.807, 2.05) is 31.6 Å². The quantitative estimate of drug-likeness (QED) is 0.516. The maximum absolute atomic E-state index is 5.88. The summed E-state index contributed by atoms with van der Waals surface area (Å²) in [7, 11) is -2.56. The van der Waals surface area contributed by atoms with Crippen LogP contribution in [0.25, 0.3) is 0 Å². The summed E-state index contributed by atoms with van der Waals surface area (Å²) in [5.74, 6) is 0. The van der Waals surface area contributed by atoms with E-state index in [2.05, 4.69) is 15.2 Å². The van der Waals surface area contributed by atoms with Crippen LogP contribution in [0.3, 0.4) is 0 Å². The van der Waals surface area contributed by atoms with Crippen molar-refractivity contribution < 1.29 is 18.0 Å². The maximum Gasteiger partial charge on any atom is 0.500 e. The van der Waals surface area contributed by atoms with E-state index in [0.717, 1.165) is 57.6 Å². The Morgan fingerprint density at radius 3 is 2.32 bits per heavy atom. The Labute approximate surface area is 151 Å². The van der Waals surface area contributed by atoms with Crippen LogP contribution < -0.4 is 0 Å². The lowest BCUT2D eigenvalue weighted by atomic mass is 10.3. The van der Waals surface area contributed by atoms with Gasteiger partial charge in [-0.15, -0.1) is 5.10 Å². The van der Waals surface area contributed by atoms with Crippen molar-refractivity contribution >= 4 is 8.80 Å². The van der Waals surface area contributed by atoms with Crippen molar-refractivity contribution in [3.05, 3.63) is 11.9 Å². The first-order valence-electron chi connectivity index (χ1n) is 9.32. The van der Waals surface area contributed by atoms with E-state index in [-0.39, 0.29) is 0 Å². The third kappa shape index (κ3) is 6.76. The molecule has 1 fully saturated rings. The second kappa shape index (κ2) is 11.0. The summed E-state index contributed by atoms with van der Waals surface area (Å²) in [6.45, 7) is 12.9. The summed E-state index contributed by atoms with van der Waals surface area (Å²) in [5.41, 5.74) is 1.00. The molecular weight excluding hydrogens is 340 g/mol. The molecule has 0 aromatic carbocycles. The van der Waals surface area contributed by atoms with Crippen molar-refractivity contribution in [2.75, 3.05) is 46.1 Å². The van der Waals surface area contributed by atoms with E-state index < -0.39 is 8.80 Å². The minimum Gasteiger partial charge on any atom is -0.379 e. The van der Waals surface area contributed by atoms with Gasteiger partial charge in [0.15, 0.2) is 0 Å². The molecular formula is C16H32N4O4Si. The molecule has 1 aromatic rings. The predicted molar refractivity (Wildman–Crippen MR) is 96.2 cm³/mol. The van der Waals surface area contributed by atoms with Gasteiger partial charge in [-0.25, -0.2) is 0 Å². The maximum atomic E-state index is 5.88. The number of nitrogens with zero attached hydrogens (tertiary/aromatic N) is 4. The first kappa shape index (κ1) is 20.5. The van der Waals surface area contributed by atoms with E-state index >= 15 is 0 Å². The molecule has 1 aromatic heterocycles. The van der Waals surface area contributed by atoms with Crippen molar-refractivity contribution in [1.82, 2.24) is 19.9 Å². The van der Waals surface area contributed by atoms with Gasteiger partial charge >= 0.3 is 8.80 Å². The Morgan fingerprint density at radius 1 is 1.08 bits per heavy atom. The molecule has 0 atom stereocenters. The third-order valence-corrected chi connectivity index (χ3v) is 7.19. The molecule has 0 aliphatic carbocycles. The van der Waals surface area contributed by atoms with Gasteiger partial charge in [-0.05, 0) is 27.2 Å². The van der Waals surface area contributed by atoms with Gasteiger partial charge in [-0.3, -0.25) is 9.58 Å². The molecule has 2 rings (SSSR count). The standard InChI is InChI=1S/C16H32N4O4Si/c1-4-22-25(23-5-2,24-6-3)13-7-8-20-15-16(17-18-20)14-19-9-11-21-12-10-19/h15H,4-14H2,1-3H3. The van der Waals surface area contributed by atoms with Gasteiger partial charge in [0.1, 0.15) is 0 Å². The number of rotatable bonds is 12. The average Bonchev–Trinajstić information content (AvgIpc) is 3.04. The minimum absolute atomic E-state index is 0.610. The fourth-order valence-electron chi connectivity index (χ4n) is 2.97. The van der Waals surface area contributed by atoms with Crippen molar-refractivity contribution in [2.24, 2.45) is 0 Å². The highest BCUT2D eigenvalue weighted by molar-refractivity contribution is 6.60. The molecule has 0 radical (unpaired) electrons. The van der Waals surface area contributed by atoms with Gasteiger partial charge < -0.3 is 18.0 Å². The number of ether oxygens (including phenoxy) is 1. The summed E-state index contributed by atoms with van der Waals surface area (Å²) in [4.78, 5) is 2.34. The zero-order chi connectivity index (χ0) is 18.0. The van der Waals surface area contributed by atoms with Crippen molar-refractivity contribution in [1.29, 1.82) is 0 Å². The second-order valence-electron chi connectivity index (χ2n) is 5.95. The van der Waals surface area contributed by atoms with Gasteiger partial charge in [-0.1, -0.05) is 5.21 Å². The lowest BCUT2D eigenvalue weighted by molar-refractivity contribution is 0.0336. The fourth-order valence-corrected chi connectivity index (χ4v) is 5.56. The highest BCUT2D eigenvalue weighted by Gasteiger charge is 2.39. The van der Waals surface area contributed by atoms with Crippen molar-refractivity contribution in [3.8, 4) is 0 Å². The zero-order valence-corrected chi connectivity index (χ0v) is 16.8. The van der Waals surface area contributed by atoms with Crippen LogP contribution in [0.4, 0.5) is 0 Å². The number of hydrogen-bond acceptors (Lipinski definition) is 7. The summed E-state index contributed by atoms with van der Waals surface area (Å²) in [5, 5.41) is 8.52. The second-order valence-corrected chi connectivity index (χ2v) is 8.68. The van der Waals surface area contributed by atoms with Gasteiger partial charge in [0.05, 0.1) is 18.9 Å². The number of aromatic nitrogens is 3. The molecule has 0 N–H and O–H groups in total. The largest absolute Gasteiger partial charge is 0.500 e. The average molecular weight is 373 g/mol. The molecule has 0 bridgehead atoms. The van der Waals surface area contributed by atoms with Crippen LogP contribution in [0.2, 0.25) is 6.04 Å². The van der Waals surface area contributed by atoms with Crippen LogP contribution in [0.15, 0.2) is 6.20 Å². The molecule has 9 heteroatoms. The lowest BCUT2D eigenvalue weighted by Gasteiger charge is -2.28. The third-order valence-electron chi connectivity index (χ3n) is 4.04. The molecule has 0 saturated carbocycles. The molecule has 25 heavy (non-hydrogen) atoms. The van der Waals surface area contributed by atoms with Crippen LogP contribution in [0.1, 0.15) is 32.9 Å². The Balaban J connectivity index is 1.81. The summed E-state index contributed by atoms with van der Waals surface area (Å²) < 4.78 is 24.9. The molecule has 0 amide bonds. The number of hydrogen-bond donors (Lipinski definition) is 0. The molecule has 1 aliphatic heterocycles. The highest BCUT2D eigenvalue weighted by atomic mass is 28.4. The summed E-state index contributed by atoms with van der Waals surface area (Å²) in [6.07, 6.45) is 2.92. The van der Waals surface area contributed by atoms with Crippen molar-refractivity contribution in [3.63, 3.8) is 0 Å². The Bertz CT molecular complexity index is 465. The monoisotopic (exact) mass is 372 g/mol. The first-order chi connectivity index (χ1) is 12.2. The summed E-state index contributed by atoms with van der Waals surface area (Å²) in [6, 6.07) is 0.793. The fraction of sp³-hybridized carbons (Fsp3) is 0.875. The van der Waals surface area contributed by atoms with Crippen LogP contribution in [-0.2, 0) is 31.1 Å². The molecule has 0 unspecified atom stereocenters. The Hall–Kier alpha value is -0.843. The zero-order valence-electron chi connectivity index (χ0n) is 15.8. The van der Waals surface area contributed by atoms with E-state index in [9.17, 15) is 0 Å². The highest BCUT2D eigenvalue weighted by Crippen LogP contribution is 2.18. The molecule has 144 valence electrons. The van der Waals surface area contributed by atoms with Crippen LogP contribution in [0, 0.1) is 0 Å². The molecule has 8 nitrogen and oxygen atoms in total. The number of morpholine rings is 1. The minimum atomic E-state index is -2.56. The van der Waals surface area contributed by atoms with E-state index in [4.69, 9.17) is 18.0 Å². The normalized spacial score (nSPS) is 16.4. The van der Waals surface area contributed by atoms with E-state index in [1.165, 1.54) is 0 Å². The van der Waals surface area contributed by atoms with Crippen LogP contribution in [-0.4, -0.2) is 74.8 Å². The van der Waals surface area contributed by atoms with Crippen LogP contribution in [0.5, 0.6) is 0 Å². The van der Waals surface area contributed by atoms with Crippen molar-refractivity contribution in [2.45, 2.75) is 46.3 Å². The van der Waals surface area contributed by atoms with Crippen LogP contribution >= 0.6 is 0 Å². The molecule has 2 heterocycles. The van der Waals surface area contributed by atoms with Gasteiger partial charge in [0.2, 0.25) is 0 Å². The van der Waals surface area contributed by atoms with E-state index in [0.29, 0.717) is 19.8 Å². The predicted octanol–water partition coefficient (Wildman–Crippen LogP) is 1.55. The van der Waals surface area contributed by atoms with Gasteiger partial charge in [-0.2, -0.15) is 0 Å². The first-order valence-corrected chi connectivity index (χ1v) is 11.3. The molecule has 1 saturated heterocycles. The van der Waals surface area contributed by atoms with Gasteiger partial charge in [0, 0.05) is 58.2 Å². The Kier molecular flexibility index (Phi) is 9.00. The van der Waals surface area contributed by atoms with E-state index in [1.54, 1.807) is 0 Å². The number of aryl methyl sites for hydroxylation is 1. The topological polar surface area (TPSA) is 70.9 Å². The Morgan fingerprint density at radius 2 is 1.72 bits per heavy atom. The molecule has 1 aliphatic rings. The summed E-state index contributed by atoms with van der Waals surface area (Å²) >= 11 is 0. The SMILES string of the molecule is CCO[Si](CCCn1cc(CN2CCOCC2)nn1)(OCC)OCC.